The van der Waals surface area contributed by atoms with Gasteiger partial charge in [-0.3, -0.25) is 4.79 Å². The van der Waals surface area contributed by atoms with E-state index in [2.05, 4.69) is 10.6 Å². The lowest BCUT2D eigenvalue weighted by atomic mass is 10.2. The van der Waals surface area contributed by atoms with E-state index in [9.17, 15) is 9.59 Å². The first-order valence-electron chi connectivity index (χ1n) is 6.25. The summed E-state index contributed by atoms with van der Waals surface area (Å²) in [5.41, 5.74) is 1.10. The van der Waals surface area contributed by atoms with Gasteiger partial charge in [0, 0.05) is 12.2 Å². The fourth-order valence-electron chi connectivity index (χ4n) is 1.40. The van der Waals surface area contributed by atoms with Crippen molar-refractivity contribution < 1.29 is 14.3 Å². The van der Waals surface area contributed by atoms with Gasteiger partial charge in [0.2, 0.25) is 0 Å². The van der Waals surface area contributed by atoms with Crippen LogP contribution in [0.1, 0.15) is 25.8 Å². The molecule has 0 saturated carbocycles. The minimum absolute atomic E-state index is 0.124. The van der Waals surface area contributed by atoms with Crippen LogP contribution in [-0.4, -0.2) is 24.6 Å². The summed E-state index contributed by atoms with van der Waals surface area (Å²) in [6.45, 7) is 3.74. The van der Waals surface area contributed by atoms with Gasteiger partial charge in [-0.2, -0.15) is 5.26 Å². The molecule has 1 aromatic rings. The van der Waals surface area contributed by atoms with Gasteiger partial charge in [0.1, 0.15) is 0 Å². The number of ether oxygens (including phenoxy) is 1. The van der Waals surface area contributed by atoms with E-state index >= 15 is 0 Å². The van der Waals surface area contributed by atoms with Gasteiger partial charge in [0.25, 0.3) is 0 Å². The number of hydrogen-bond acceptors (Lipinski definition) is 4. The monoisotopic (exact) mass is 275 g/mol. The third kappa shape index (κ3) is 5.87. The Morgan fingerprint density at radius 1 is 1.30 bits per heavy atom. The quantitative estimate of drug-likeness (QED) is 0.804. The first-order chi connectivity index (χ1) is 9.51. The maximum atomic E-state index is 11.5. The molecule has 106 valence electrons. The molecule has 6 heteroatoms. The van der Waals surface area contributed by atoms with E-state index in [1.165, 1.54) is 0 Å². The van der Waals surface area contributed by atoms with Crippen LogP contribution in [0, 0.1) is 11.3 Å². The summed E-state index contributed by atoms with van der Waals surface area (Å²) >= 11 is 0. The van der Waals surface area contributed by atoms with Gasteiger partial charge in [0.15, 0.2) is 0 Å². The van der Waals surface area contributed by atoms with E-state index in [-0.39, 0.29) is 25.0 Å². The molecule has 1 rings (SSSR count). The number of hydrogen-bond donors (Lipinski definition) is 2. The highest BCUT2D eigenvalue weighted by molar-refractivity contribution is 5.89. The number of carbonyl (C=O) groups is 2. The summed E-state index contributed by atoms with van der Waals surface area (Å²) < 4.78 is 4.93. The fourth-order valence-corrected chi connectivity index (χ4v) is 1.40. The number of esters is 1. The molecule has 2 N–H and O–H groups in total. The SMILES string of the molecule is CC(C)OC(=O)CCNC(=O)Nc1ccc(C#N)cc1. The lowest BCUT2D eigenvalue weighted by molar-refractivity contribution is -0.147. The summed E-state index contributed by atoms with van der Waals surface area (Å²) in [5, 5.41) is 13.8. The molecule has 0 unspecified atom stereocenters. The molecule has 0 atom stereocenters. The van der Waals surface area contributed by atoms with E-state index in [1.54, 1.807) is 38.1 Å². The van der Waals surface area contributed by atoms with Gasteiger partial charge in [-0.05, 0) is 38.1 Å². The second kappa shape index (κ2) is 7.79. The van der Waals surface area contributed by atoms with Crippen LogP contribution in [0.4, 0.5) is 10.5 Å². The van der Waals surface area contributed by atoms with E-state index in [0.29, 0.717) is 11.3 Å². The van der Waals surface area contributed by atoms with E-state index < -0.39 is 6.03 Å². The average Bonchev–Trinajstić information content (AvgIpc) is 2.38. The first-order valence-corrected chi connectivity index (χ1v) is 6.25. The standard InChI is InChI=1S/C14H17N3O3/c1-10(2)20-13(18)7-8-16-14(19)17-12-5-3-11(9-15)4-6-12/h3-6,10H,7-8H2,1-2H3,(H2,16,17,19). The highest BCUT2D eigenvalue weighted by Gasteiger charge is 2.06. The van der Waals surface area contributed by atoms with Crippen molar-refractivity contribution in [1.82, 2.24) is 5.32 Å². The number of nitriles is 1. The molecule has 0 fully saturated rings. The largest absolute Gasteiger partial charge is 0.463 e. The first kappa shape index (κ1) is 15.5. The van der Waals surface area contributed by atoms with Crippen LogP contribution in [0.15, 0.2) is 24.3 Å². The Morgan fingerprint density at radius 2 is 1.95 bits per heavy atom. The van der Waals surface area contributed by atoms with Crippen molar-refractivity contribution in [2.45, 2.75) is 26.4 Å². The third-order valence-electron chi connectivity index (χ3n) is 2.25. The molecule has 6 nitrogen and oxygen atoms in total. The lowest BCUT2D eigenvalue weighted by Gasteiger charge is -2.09. The van der Waals surface area contributed by atoms with Crippen molar-refractivity contribution in [1.29, 1.82) is 5.26 Å². The van der Waals surface area contributed by atoms with Crippen LogP contribution in [0.3, 0.4) is 0 Å². The Balaban J connectivity index is 2.29. The zero-order chi connectivity index (χ0) is 15.0. The molecular weight excluding hydrogens is 258 g/mol. The summed E-state index contributed by atoms with van der Waals surface area (Å²) in [7, 11) is 0. The Bertz CT molecular complexity index is 503. The Kier molecular flexibility index (Phi) is 6.04. The number of carbonyl (C=O) groups excluding carboxylic acids is 2. The Hall–Kier alpha value is -2.55. The number of benzene rings is 1. The number of urea groups is 1. The van der Waals surface area contributed by atoms with Crippen molar-refractivity contribution in [3.63, 3.8) is 0 Å². The summed E-state index contributed by atoms with van der Waals surface area (Å²) in [4.78, 5) is 22.8. The molecule has 0 radical (unpaired) electrons. The summed E-state index contributed by atoms with van der Waals surface area (Å²) in [6.07, 6.45) is -0.0335. The van der Waals surface area contributed by atoms with Crippen LogP contribution in [-0.2, 0) is 9.53 Å². The van der Waals surface area contributed by atoms with E-state index in [4.69, 9.17) is 10.00 Å². The second-order valence-electron chi connectivity index (χ2n) is 4.36. The van der Waals surface area contributed by atoms with Crippen molar-refractivity contribution in [3.8, 4) is 6.07 Å². The molecule has 1 aromatic carbocycles. The molecule has 0 aliphatic carbocycles. The predicted molar refractivity (Wildman–Crippen MR) is 74.0 cm³/mol. The van der Waals surface area contributed by atoms with Crippen molar-refractivity contribution in [2.24, 2.45) is 0 Å². The molecule has 0 aromatic heterocycles. The number of nitrogens with one attached hydrogen (secondary N) is 2. The fraction of sp³-hybridized carbons (Fsp3) is 0.357. The molecule has 0 bridgehead atoms. The molecule has 0 spiro atoms. The van der Waals surface area contributed by atoms with E-state index in [0.717, 1.165) is 0 Å². The van der Waals surface area contributed by atoms with Gasteiger partial charge in [-0.1, -0.05) is 0 Å². The number of nitrogens with zero attached hydrogens (tertiary/aromatic N) is 1. The molecule has 20 heavy (non-hydrogen) atoms. The molecule has 0 heterocycles. The molecular formula is C14H17N3O3. The van der Waals surface area contributed by atoms with Gasteiger partial charge >= 0.3 is 12.0 Å². The molecule has 0 saturated heterocycles. The highest BCUT2D eigenvalue weighted by atomic mass is 16.5. The smallest absolute Gasteiger partial charge is 0.319 e. The maximum absolute atomic E-state index is 11.5. The van der Waals surface area contributed by atoms with Gasteiger partial charge in [0.05, 0.1) is 24.2 Å². The normalized spacial score (nSPS) is 9.70. The van der Waals surface area contributed by atoms with Gasteiger partial charge < -0.3 is 15.4 Å². The minimum Gasteiger partial charge on any atom is -0.463 e. The number of anilines is 1. The van der Waals surface area contributed by atoms with Crippen molar-refractivity contribution in [3.05, 3.63) is 29.8 Å². The summed E-state index contributed by atoms with van der Waals surface area (Å²) in [6, 6.07) is 8.05. The molecule has 0 aliphatic heterocycles. The molecule has 0 aliphatic rings. The zero-order valence-corrected chi connectivity index (χ0v) is 11.5. The van der Waals surface area contributed by atoms with Crippen LogP contribution in [0.2, 0.25) is 0 Å². The van der Waals surface area contributed by atoms with Crippen LogP contribution in [0.25, 0.3) is 0 Å². The third-order valence-corrected chi connectivity index (χ3v) is 2.25. The Morgan fingerprint density at radius 3 is 2.50 bits per heavy atom. The lowest BCUT2D eigenvalue weighted by Crippen LogP contribution is -2.31. The number of amides is 2. The minimum atomic E-state index is -0.410. The predicted octanol–water partition coefficient (Wildman–Crippen LogP) is 2.02. The number of rotatable bonds is 5. The van der Waals surface area contributed by atoms with Gasteiger partial charge in [-0.25, -0.2) is 4.79 Å². The van der Waals surface area contributed by atoms with Crippen molar-refractivity contribution >= 4 is 17.7 Å². The zero-order valence-electron chi connectivity index (χ0n) is 11.5. The van der Waals surface area contributed by atoms with E-state index in [1.807, 2.05) is 6.07 Å². The van der Waals surface area contributed by atoms with Crippen LogP contribution < -0.4 is 10.6 Å². The van der Waals surface area contributed by atoms with Gasteiger partial charge in [-0.15, -0.1) is 0 Å². The van der Waals surface area contributed by atoms with Crippen molar-refractivity contribution in [2.75, 3.05) is 11.9 Å². The molecule has 2 amide bonds. The maximum Gasteiger partial charge on any atom is 0.319 e. The highest BCUT2D eigenvalue weighted by Crippen LogP contribution is 2.08. The average molecular weight is 275 g/mol. The van der Waals surface area contributed by atoms with Crippen LogP contribution in [0.5, 0.6) is 0 Å². The topological polar surface area (TPSA) is 91.2 Å². The second-order valence-corrected chi connectivity index (χ2v) is 4.36. The van der Waals surface area contributed by atoms with Crippen LogP contribution >= 0.6 is 0 Å². The Labute approximate surface area is 117 Å². The summed E-state index contributed by atoms with van der Waals surface area (Å²) in [5.74, 6) is -0.348.